The summed E-state index contributed by atoms with van der Waals surface area (Å²) < 4.78 is 17.1. The first-order chi connectivity index (χ1) is 14.8. The molecule has 1 aliphatic rings. The minimum absolute atomic E-state index is 0.288. The summed E-state index contributed by atoms with van der Waals surface area (Å²) in [7, 11) is 1.77. The molecule has 1 aliphatic heterocycles. The molecule has 3 rings (SSSR count). The van der Waals surface area contributed by atoms with Crippen LogP contribution in [-0.2, 0) is 22.6 Å². The van der Waals surface area contributed by atoms with Crippen molar-refractivity contribution in [2.24, 2.45) is 4.99 Å². The first-order valence-electron chi connectivity index (χ1n) is 10.6. The lowest BCUT2D eigenvalue weighted by Gasteiger charge is -2.13. The van der Waals surface area contributed by atoms with E-state index < -0.39 is 0 Å². The van der Waals surface area contributed by atoms with Crippen LogP contribution in [0.3, 0.4) is 0 Å². The lowest BCUT2D eigenvalue weighted by Crippen LogP contribution is -2.37. The van der Waals surface area contributed by atoms with Crippen LogP contribution in [0.25, 0.3) is 0 Å². The molecule has 2 aromatic rings. The number of hydrogen-bond donors (Lipinski definition) is 2. The Balaban J connectivity index is 1.32. The van der Waals surface area contributed by atoms with E-state index in [0.717, 1.165) is 62.0 Å². The Morgan fingerprint density at radius 2 is 2.20 bits per heavy atom. The SMILES string of the molecule is CN=C(NCCCOCC1CCCO1)NCc1cccc(OCc2ccccn2)c1. The first kappa shape index (κ1) is 22.1. The van der Waals surface area contributed by atoms with E-state index in [-0.39, 0.29) is 6.10 Å². The summed E-state index contributed by atoms with van der Waals surface area (Å²) in [6.07, 6.45) is 5.25. The zero-order valence-electron chi connectivity index (χ0n) is 17.7. The molecular weight excluding hydrogens is 380 g/mol. The van der Waals surface area contributed by atoms with Crippen LogP contribution in [0.4, 0.5) is 0 Å². The third-order valence-corrected chi connectivity index (χ3v) is 4.78. The van der Waals surface area contributed by atoms with Gasteiger partial charge in [0.05, 0.1) is 18.4 Å². The van der Waals surface area contributed by atoms with Crippen LogP contribution in [0.1, 0.15) is 30.5 Å². The van der Waals surface area contributed by atoms with Crippen molar-refractivity contribution in [3.8, 4) is 5.75 Å². The minimum Gasteiger partial charge on any atom is -0.487 e. The molecule has 0 amide bonds. The molecule has 2 heterocycles. The van der Waals surface area contributed by atoms with Crippen molar-refractivity contribution >= 4 is 5.96 Å². The highest BCUT2D eigenvalue weighted by atomic mass is 16.5. The van der Waals surface area contributed by atoms with Gasteiger partial charge in [0.15, 0.2) is 5.96 Å². The lowest BCUT2D eigenvalue weighted by molar-refractivity contribution is 0.0168. The molecule has 162 valence electrons. The van der Waals surface area contributed by atoms with Gasteiger partial charge in [0.25, 0.3) is 0 Å². The quantitative estimate of drug-likeness (QED) is 0.336. The van der Waals surface area contributed by atoms with E-state index in [2.05, 4.69) is 26.7 Å². The van der Waals surface area contributed by atoms with Crippen LogP contribution in [-0.4, -0.2) is 50.5 Å². The van der Waals surface area contributed by atoms with Crippen molar-refractivity contribution in [2.45, 2.75) is 38.5 Å². The Hall–Kier alpha value is -2.64. The molecule has 7 nitrogen and oxygen atoms in total. The standard InChI is InChI=1S/C23H32N4O3/c1-24-23(26-12-6-13-28-18-22-10-5-14-29-22)27-16-19-7-4-9-21(15-19)30-17-20-8-2-3-11-25-20/h2-4,7-9,11,15,22H,5-6,10,12-14,16-18H2,1H3,(H2,24,26,27). The van der Waals surface area contributed by atoms with Crippen LogP contribution in [0.15, 0.2) is 53.7 Å². The fourth-order valence-electron chi connectivity index (χ4n) is 3.16. The first-order valence-corrected chi connectivity index (χ1v) is 10.6. The number of benzene rings is 1. The van der Waals surface area contributed by atoms with Gasteiger partial charge < -0.3 is 24.8 Å². The second-order valence-corrected chi connectivity index (χ2v) is 7.17. The van der Waals surface area contributed by atoms with Crippen molar-refractivity contribution < 1.29 is 14.2 Å². The largest absolute Gasteiger partial charge is 0.487 e. The third-order valence-electron chi connectivity index (χ3n) is 4.78. The van der Waals surface area contributed by atoms with Gasteiger partial charge in [0.2, 0.25) is 0 Å². The number of nitrogens with one attached hydrogen (secondary N) is 2. The van der Waals surface area contributed by atoms with E-state index in [1.54, 1.807) is 13.2 Å². The highest BCUT2D eigenvalue weighted by molar-refractivity contribution is 5.79. The fourth-order valence-corrected chi connectivity index (χ4v) is 3.16. The second-order valence-electron chi connectivity index (χ2n) is 7.17. The number of pyridine rings is 1. The van der Waals surface area contributed by atoms with Crippen molar-refractivity contribution in [2.75, 3.05) is 33.4 Å². The van der Waals surface area contributed by atoms with Crippen molar-refractivity contribution in [3.63, 3.8) is 0 Å². The molecule has 1 atom stereocenters. The average molecular weight is 413 g/mol. The number of aromatic nitrogens is 1. The molecule has 30 heavy (non-hydrogen) atoms. The molecule has 1 fully saturated rings. The maximum Gasteiger partial charge on any atom is 0.191 e. The molecule has 1 aromatic heterocycles. The lowest BCUT2D eigenvalue weighted by atomic mass is 10.2. The topological polar surface area (TPSA) is 77.0 Å². The number of hydrogen-bond acceptors (Lipinski definition) is 5. The maximum atomic E-state index is 5.85. The van der Waals surface area contributed by atoms with Gasteiger partial charge in [0.1, 0.15) is 12.4 Å². The van der Waals surface area contributed by atoms with Crippen molar-refractivity contribution in [3.05, 3.63) is 59.9 Å². The number of rotatable bonds is 11. The van der Waals surface area contributed by atoms with Gasteiger partial charge in [-0.25, -0.2) is 0 Å². The summed E-state index contributed by atoms with van der Waals surface area (Å²) in [6, 6.07) is 13.8. The smallest absolute Gasteiger partial charge is 0.191 e. The Labute approximate surface area is 178 Å². The number of aliphatic imine (C=N–C) groups is 1. The van der Waals surface area contributed by atoms with Gasteiger partial charge in [-0.3, -0.25) is 9.98 Å². The highest BCUT2D eigenvalue weighted by Gasteiger charge is 2.14. The summed E-state index contributed by atoms with van der Waals surface area (Å²) in [5.74, 6) is 1.60. The molecular formula is C23H32N4O3. The molecule has 0 spiro atoms. The van der Waals surface area contributed by atoms with Crippen LogP contribution in [0.2, 0.25) is 0 Å². The number of nitrogens with zero attached hydrogens (tertiary/aromatic N) is 2. The summed E-state index contributed by atoms with van der Waals surface area (Å²) >= 11 is 0. The van der Waals surface area contributed by atoms with Crippen LogP contribution in [0, 0.1) is 0 Å². The Morgan fingerprint density at radius 3 is 3.00 bits per heavy atom. The van der Waals surface area contributed by atoms with Crippen LogP contribution >= 0.6 is 0 Å². The maximum absolute atomic E-state index is 5.85. The average Bonchev–Trinajstić information content (AvgIpc) is 3.31. The zero-order valence-corrected chi connectivity index (χ0v) is 17.7. The predicted octanol–water partition coefficient (Wildman–Crippen LogP) is 2.91. The highest BCUT2D eigenvalue weighted by Crippen LogP contribution is 2.15. The van der Waals surface area contributed by atoms with E-state index in [4.69, 9.17) is 14.2 Å². The van der Waals surface area contributed by atoms with E-state index in [1.807, 2.05) is 36.4 Å². The van der Waals surface area contributed by atoms with Gasteiger partial charge in [-0.05, 0) is 49.1 Å². The van der Waals surface area contributed by atoms with Gasteiger partial charge in [-0.2, -0.15) is 0 Å². The molecule has 2 N–H and O–H groups in total. The van der Waals surface area contributed by atoms with E-state index in [9.17, 15) is 0 Å². The summed E-state index contributed by atoms with van der Waals surface area (Å²) in [5, 5.41) is 6.65. The van der Waals surface area contributed by atoms with Crippen molar-refractivity contribution in [1.82, 2.24) is 15.6 Å². The molecule has 7 heteroatoms. The number of guanidine groups is 1. The van der Waals surface area contributed by atoms with Crippen LogP contribution < -0.4 is 15.4 Å². The van der Waals surface area contributed by atoms with E-state index in [1.165, 1.54) is 0 Å². The second kappa shape index (κ2) is 12.8. The van der Waals surface area contributed by atoms with E-state index >= 15 is 0 Å². The molecule has 0 aliphatic carbocycles. The number of ether oxygens (including phenoxy) is 3. The Bertz CT molecular complexity index is 764. The van der Waals surface area contributed by atoms with Gasteiger partial charge >= 0.3 is 0 Å². The molecule has 1 unspecified atom stereocenters. The van der Waals surface area contributed by atoms with Gasteiger partial charge in [0, 0.05) is 39.5 Å². The normalized spacial score (nSPS) is 16.4. The minimum atomic E-state index is 0.288. The van der Waals surface area contributed by atoms with Crippen LogP contribution in [0.5, 0.6) is 5.75 Å². The molecule has 0 saturated carbocycles. The van der Waals surface area contributed by atoms with Gasteiger partial charge in [-0.15, -0.1) is 0 Å². The molecule has 1 aromatic carbocycles. The molecule has 1 saturated heterocycles. The van der Waals surface area contributed by atoms with E-state index in [0.29, 0.717) is 19.8 Å². The van der Waals surface area contributed by atoms with Gasteiger partial charge in [-0.1, -0.05) is 18.2 Å². The third kappa shape index (κ3) is 8.00. The Kier molecular flexibility index (Phi) is 9.43. The summed E-state index contributed by atoms with van der Waals surface area (Å²) in [4.78, 5) is 8.55. The predicted molar refractivity (Wildman–Crippen MR) is 118 cm³/mol. The Morgan fingerprint density at radius 1 is 1.23 bits per heavy atom. The summed E-state index contributed by atoms with van der Waals surface area (Å²) in [6.45, 7) is 4.21. The fraction of sp³-hybridized carbons (Fsp3) is 0.478. The monoisotopic (exact) mass is 412 g/mol. The van der Waals surface area contributed by atoms with Crippen molar-refractivity contribution in [1.29, 1.82) is 0 Å². The summed E-state index contributed by atoms with van der Waals surface area (Å²) in [5.41, 5.74) is 2.03. The molecule has 0 radical (unpaired) electrons. The zero-order chi connectivity index (χ0) is 20.9. The molecule has 0 bridgehead atoms.